The van der Waals surface area contributed by atoms with Crippen molar-refractivity contribution in [2.24, 2.45) is 0 Å². The normalized spacial score (nSPS) is 10.6. The Labute approximate surface area is 161 Å². The number of carboxylic acid groups (broad SMARTS) is 1. The largest absolute Gasteiger partial charge is 0.494 e. The summed E-state index contributed by atoms with van der Waals surface area (Å²) in [5.74, 6) is 0.555. The van der Waals surface area contributed by atoms with Crippen molar-refractivity contribution in [3.8, 4) is 11.4 Å². The Morgan fingerprint density at radius 2 is 1.89 bits per heavy atom. The van der Waals surface area contributed by atoms with E-state index in [2.05, 4.69) is 15.5 Å². The number of aliphatic carboxylic acids is 1. The van der Waals surface area contributed by atoms with Crippen LogP contribution in [0.25, 0.3) is 5.69 Å². The minimum absolute atomic E-state index is 0.0721. The molecule has 2 N–H and O–H groups in total. The Balaban J connectivity index is 1.79. The third-order valence-electron chi connectivity index (χ3n) is 3.66. The van der Waals surface area contributed by atoms with Gasteiger partial charge in [-0.1, -0.05) is 30.0 Å². The van der Waals surface area contributed by atoms with Crippen molar-refractivity contribution >= 4 is 23.4 Å². The maximum Gasteiger partial charge on any atom is 0.313 e. The molecular weight excluding hydrogens is 364 g/mol. The van der Waals surface area contributed by atoms with Crippen LogP contribution in [0, 0.1) is 0 Å². The molecule has 0 spiro atoms. The number of hydrogen-bond acceptors (Lipinski definition) is 6. The molecule has 0 aliphatic heterocycles. The number of ether oxygens (including phenoxy) is 1. The molecule has 0 amide bonds. The summed E-state index contributed by atoms with van der Waals surface area (Å²) < 4.78 is 7.32. The van der Waals surface area contributed by atoms with Gasteiger partial charge in [-0.25, -0.2) is 0 Å². The maximum absolute atomic E-state index is 10.9. The molecule has 140 valence electrons. The second-order valence-electron chi connectivity index (χ2n) is 5.56. The molecule has 0 unspecified atom stereocenters. The minimum atomic E-state index is -0.892. The van der Waals surface area contributed by atoms with Crippen LogP contribution in [-0.4, -0.2) is 38.2 Å². The fraction of sp³-hybridized carbons (Fsp3) is 0.211. The van der Waals surface area contributed by atoms with Crippen molar-refractivity contribution < 1.29 is 14.6 Å². The van der Waals surface area contributed by atoms with Crippen LogP contribution in [0.1, 0.15) is 12.7 Å². The van der Waals surface area contributed by atoms with Crippen LogP contribution in [0.5, 0.6) is 5.75 Å². The molecule has 0 aliphatic carbocycles. The summed E-state index contributed by atoms with van der Waals surface area (Å²) >= 11 is 1.15. The summed E-state index contributed by atoms with van der Waals surface area (Å²) in [6.07, 6.45) is 0. The van der Waals surface area contributed by atoms with Gasteiger partial charge in [-0.05, 0) is 43.3 Å². The zero-order valence-electron chi connectivity index (χ0n) is 14.8. The lowest BCUT2D eigenvalue weighted by molar-refractivity contribution is -0.133. The molecule has 0 aliphatic rings. The predicted octanol–water partition coefficient (Wildman–Crippen LogP) is 3.45. The molecule has 0 saturated carbocycles. The molecule has 2 aromatic carbocycles. The van der Waals surface area contributed by atoms with Gasteiger partial charge in [0.25, 0.3) is 0 Å². The van der Waals surface area contributed by atoms with E-state index in [0.717, 1.165) is 28.9 Å². The van der Waals surface area contributed by atoms with Crippen LogP contribution >= 0.6 is 11.8 Å². The highest BCUT2D eigenvalue weighted by molar-refractivity contribution is 7.99. The topological polar surface area (TPSA) is 89.3 Å². The van der Waals surface area contributed by atoms with Gasteiger partial charge in [-0.2, -0.15) is 0 Å². The quantitative estimate of drug-likeness (QED) is 0.546. The highest BCUT2D eigenvalue weighted by Gasteiger charge is 2.15. The number of anilines is 1. The van der Waals surface area contributed by atoms with Crippen LogP contribution in [0.4, 0.5) is 5.69 Å². The number of nitrogens with one attached hydrogen (secondary N) is 1. The molecule has 0 fully saturated rings. The summed E-state index contributed by atoms with van der Waals surface area (Å²) in [4.78, 5) is 10.9. The van der Waals surface area contributed by atoms with Crippen LogP contribution in [0.2, 0.25) is 0 Å². The first-order chi connectivity index (χ1) is 13.2. The molecule has 0 bridgehead atoms. The van der Waals surface area contributed by atoms with Gasteiger partial charge in [0.05, 0.1) is 18.9 Å². The molecule has 8 heteroatoms. The van der Waals surface area contributed by atoms with E-state index in [9.17, 15) is 4.79 Å². The standard InChI is InChI=1S/C19H20N4O3S/c1-2-26-16-10-8-14(9-11-16)20-12-17-21-22-19(27-13-18(24)25)23(17)15-6-4-3-5-7-15/h3-11,20H,2,12-13H2,1H3,(H,24,25). The van der Waals surface area contributed by atoms with Gasteiger partial charge >= 0.3 is 5.97 Å². The summed E-state index contributed by atoms with van der Waals surface area (Å²) in [6.45, 7) is 3.02. The third-order valence-corrected chi connectivity index (χ3v) is 4.57. The van der Waals surface area contributed by atoms with Crippen molar-refractivity contribution in [2.45, 2.75) is 18.6 Å². The van der Waals surface area contributed by atoms with Crippen LogP contribution in [0.15, 0.2) is 59.8 Å². The van der Waals surface area contributed by atoms with Crippen molar-refractivity contribution in [1.29, 1.82) is 0 Å². The molecule has 0 atom stereocenters. The monoisotopic (exact) mass is 384 g/mol. The fourth-order valence-electron chi connectivity index (χ4n) is 2.49. The molecule has 0 saturated heterocycles. The van der Waals surface area contributed by atoms with Gasteiger partial charge < -0.3 is 15.2 Å². The Morgan fingerprint density at radius 1 is 1.15 bits per heavy atom. The summed E-state index contributed by atoms with van der Waals surface area (Å²) in [5.41, 5.74) is 1.82. The Hall–Kier alpha value is -3.00. The van der Waals surface area contributed by atoms with Gasteiger partial charge in [-0.15, -0.1) is 10.2 Å². The number of rotatable bonds is 9. The maximum atomic E-state index is 10.9. The molecule has 3 aromatic rings. The first kappa shape index (κ1) is 18.8. The molecule has 1 heterocycles. The van der Waals surface area contributed by atoms with Crippen molar-refractivity contribution in [3.63, 3.8) is 0 Å². The number of thioether (sulfide) groups is 1. The zero-order chi connectivity index (χ0) is 19.1. The lowest BCUT2D eigenvalue weighted by Gasteiger charge is -2.11. The number of hydrogen-bond donors (Lipinski definition) is 2. The third kappa shape index (κ3) is 5.01. The molecule has 27 heavy (non-hydrogen) atoms. The van der Waals surface area contributed by atoms with Gasteiger partial charge in [0, 0.05) is 11.4 Å². The number of aromatic nitrogens is 3. The second kappa shape index (κ2) is 9.09. The molecular formula is C19H20N4O3S. The molecule has 0 radical (unpaired) electrons. The van der Waals surface area contributed by atoms with Gasteiger partial charge in [0.15, 0.2) is 11.0 Å². The average molecular weight is 384 g/mol. The molecule has 7 nitrogen and oxygen atoms in total. The summed E-state index contributed by atoms with van der Waals surface area (Å²) in [6, 6.07) is 17.3. The number of nitrogens with zero attached hydrogens (tertiary/aromatic N) is 3. The lowest BCUT2D eigenvalue weighted by atomic mass is 10.3. The highest BCUT2D eigenvalue weighted by Crippen LogP contribution is 2.23. The zero-order valence-corrected chi connectivity index (χ0v) is 15.6. The summed E-state index contributed by atoms with van der Waals surface area (Å²) in [7, 11) is 0. The SMILES string of the molecule is CCOc1ccc(NCc2nnc(SCC(=O)O)n2-c2ccccc2)cc1. The van der Waals surface area contributed by atoms with Crippen LogP contribution in [-0.2, 0) is 11.3 Å². The average Bonchev–Trinajstić information content (AvgIpc) is 3.09. The van der Waals surface area contributed by atoms with E-state index in [-0.39, 0.29) is 5.75 Å². The first-order valence-electron chi connectivity index (χ1n) is 8.48. The smallest absolute Gasteiger partial charge is 0.313 e. The van der Waals surface area contributed by atoms with E-state index in [1.165, 1.54) is 0 Å². The predicted molar refractivity (Wildman–Crippen MR) is 105 cm³/mol. The summed E-state index contributed by atoms with van der Waals surface area (Å²) in [5, 5.41) is 21.2. The van der Waals surface area contributed by atoms with E-state index in [4.69, 9.17) is 9.84 Å². The van der Waals surface area contributed by atoms with Gasteiger partial charge in [-0.3, -0.25) is 9.36 Å². The molecule has 3 rings (SSSR count). The Morgan fingerprint density at radius 3 is 2.56 bits per heavy atom. The van der Waals surface area contributed by atoms with Gasteiger partial charge in [0.1, 0.15) is 5.75 Å². The van der Waals surface area contributed by atoms with Crippen LogP contribution < -0.4 is 10.1 Å². The van der Waals surface area contributed by atoms with Crippen molar-refractivity contribution in [2.75, 3.05) is 17.7 Å². The van der Waals surface area contributed by atoms with Crippen molar-refractivity contribution in [1.82, 2.24) is 14.8 Å². The Kier molecular flexibility index (Phi) is 6.32. The first-order valence-corrected chi connectivity index (χ1v) is 9.47. The lowest BCUT2D eigenvalue weighted by Crippen LogP contribution is -2.09. The highest BCUT2D eigenvalue weighted by atomic mass is 32.2. The number of carbonyl (C=O) groups is 1. The van der Waals surface area contributed by atoms with E-state index >= 15 is 0 Å². The second-order valence-corrected chi connectivity index (χ2v) is 6.51. The van der Waals surface area contributed by atoms with Crippen LogP contribution in [0.3, 0.4) is 0 Å². The Bertz CT molecular complexity index is 882. The van der Waals surface area contributed by atoms with E-state index in [1.807, 2.05) is 66.1 Å². The molecule has 1 aromatic heterocycles. The number of benzene rings is 2. The van der Waals surface area contributed by atoms with E-state index in [0.29, 0.717) is 24.1 Å². The fourth-order valence-corrected chi connectivity index (χ4v) is 3.18. The minimum Gasteiger partial charge on any atom is -0.494 e. The van der Waals surface area contributed by atoms with Gasteiger partial charge in [0.2, 0.25) is 0 Å². The number of para-hydroxylation sites is 1. The van der Waals surface area contributed by atoms with E-state index in [1.54, 1.807) is 0 Å². The number of carboxylic acids is 1. The van der Waals surface area contributed by atoms with E-state index < -0.39 is 5.97 Å². The van der Waals surface area contributed by atoms with Crippen molar-refractivity contribution in [3.05, 3.63) is 60.4 Å².